The van der Waals surface area contributed by atoms with Gasteiger partial charge in [-0.2, -0.15) is 6.61 Å². The van der Waals surface area contributed by atoms with Gasteiger partial charge >= 0.3 is 11.9 Å². The first-order valence-corrected chi connectivity index (χ1v) is 12.5. The minimum atomic E-state index is -1.06. The van der Waals surface area contributed by atoms with Gasteiger partial charge in [0.1, 0.15) is 11.4 Å². The molecule has 12 nitrogen and oxygen atoms in total. The molecule has 0 spiro atoms. The Morgan fingerprint density at radius 2 is 1.18 bits per heavy atom. The molecule has 2 aromatic rings. The third-order valence-corrected chi connectivity index (χ3v) is 5.68. The Bertz CT molecular complexity index is 916. The van der Waals surface area contributed by atoms with Gasteiger partial charge in [-0.1, -0.05) is 18.7 Å². The maximum Gasteiger partial charge on any atom is 0.354 e. The average molecular weight is 715 g/mol. The number of aromatic carboxylic acids is 2. The van der Waals surface area contributed by atoms with Crippen molar-refractivity contribution >= 4 is 11.9 Å². The third-order valence-electron chi connectivity index (χ3n) is 5.68. The Hall–Kier alpha value is -2.31. The largest absolute Gasteiger partial charge is 0.549 e. The summed E-state index contributed by atoms with van der Waals surface area (Å²) in [6.45, 7) is 8.08. The maximum absolute atomic E-state index is 11.2. The Kier molecular flexibility index (Phi) is 15.9. The van der Waals surface area contributed by atoms with Gasteiger partial charge in [0.25, 0.3) is 0 Å². The van der Waals surface area contributed by atoms with E-state index in [-0.39, 0.29) is 32.5 Å². The summed E-state index contributed by atoms with van der Waals surface area (Å²) in [5.41, 5.74) is 1.36. The van der Waals surface area contributed by atoms with Crippen LogP contribution in [0.15, 0.2) is 36.4 Å². The van der Waals surface area contributed by atoms with Crippen molar-refractivity contribution in [3.63, 3.8) is 0 Å². The number of carboxylic acids is 2. The molecule has 1 fully saturated rings. The van der Waals surface area contributed by atoms with Crippen molar-refractivity contribution in [2.24, 2.45) is 0 Å². The Labute approximate surface area is 242 Å². The molecule has 3 rings (SSSR count). The van der Waals surface area contributed by atoms with Gasteiger partial charge in [0.15, 0.2) is 0 Å². The molecule has 13 heteroatoms. The summed E-state index contributed by atoms with van der Waals surface area (Å²) < 4.78 is 22.8. The molecule has 1 aliphatic rings. The van der Waals surface area contributed by atoms with Crippen LogP contribution < -0.4 is 0 Å². The van der Waals surface area contributed by atoms with E-state index in [1.54, 1.807) is 30.9 Å². The molecule has 39 heavy (non-hydrogen) atoms. The van der Waals surface area contributed by atoms with Gasteiger partial charge in [-0.25, -0.2) is 19.6 Å². The van der Waals surface area contributed by atoms with Crippen molar-refractivity contribution in [2.75, 3.05) is 72.4 Å². The molecule has 0 aromatic carbocycles. The molecular formula is C26H35N4O8W-. The van der Waals surface area contributed by atoms with Crippen LogP contribution in [0, 0.1) is 6.61 Å². The number of ether oxygens (including phenoxy) is 4. The van der Waals surface area contributed by atoms with Crippen molar-refractivity contribution in [1.82, 2.24) is 19.8 Å². The van der Waals surface area contributed by atoms with Gasteiger partial charge in [-0.05, 0) is 24.3 Å². The third kappa shape index (κ3) is 13.1. The molecular weight excluding hydrogens is 680 g/mol. The summed E-state index contributed by atoms with van der Waals surface area (Å²) in [7, 11) is 0. The Morgan fingerprint density at radius 1 is 0.718 bits per heavy atom. The number of aromatic nitrogens is 2. The topological polar surface area (TPSA) is 144 Å². The zero-order chi connectivity index (χ0) is 27.0. The Balaban J connectivity index is 0.00000533. The summed E-state index contributed by atoms with van der Waals surface area (Å²) in [5.74, 6) is -2.11. The summed E-state index contributed by atoms with van der Waals surface area (Å²) in [6.07, 6.45) is 0. The average Bonchev–Trinajstić information content (AvgIpc) is 2.91. The molecule has 0 bridgehead atoms. The smallest absolute Gasteiger partial charge is 0.354 e. The monoisotopic (exact) mass is 715 g/mol. The fourth-order valence-corrected chi connectivity index (χ4v) is 3.72. The number of carbonyl (C=O) groups is 2. The molecule has 2 aromatic heterocycles. The number of pyridine rings is 2. The summed E-state index contributed by atoms with van der Waals surface area (Å²) in [5, 5.41) is 18.4. The molecule has 0 unspecified atom stereocenters. The number of rotatable bonds is 6. The predicted octanol–water partition coefficient (Wildman–Crippen LogP) is 1.42. The van der Waals surface area contributed by atoms with Crippen molar-refractivity contribution in [1.29, 1.82) is 0 Å². The molecule has 214 valence electrons. The quantitative estimate of drug-likeness (QED) is 0.418. The molecule has 0 amide bonds. The van der Waals surface area contributed by atoms with E-state index in [1.165, 1.54) is 12.1 Å². The van der Waals surface area contributed by atoms with Gasteiger partial charge in [0.2, 0.25) is 0 Å². The van der Waals surface area contributed by atoms with E-state index in [0.717, 1.165) is 0 Å². The van der Waals surface area contributed by atoms with E-state index in [2.05, 4.69) is 19.8 Å². The van der Waals surface area contributed by atoms with Crippen LogP contribution in [0.3, 0.4) is 0 Å². The van der Waals surface area contributed by atoms with Crippen LogP contribution >= 0.6 is 0 Å². The zero-order valence-corrected chi connectivity index (χ0v) is 24.7. The number of nitrogens with zero attached hydrogens (tertiary/aromatic N) is 4. The van der Waals surface area contributed by atoms with Crippen LogP contribution in [0.5, 0.6) is 0 Å². The van der Waals surface area contributed by atoms with E-state index in [0.29, 0.717) is 96.9 Å². The predicted molar refractivity (Wildman–Crippen MR) is 136 cm³/mol. The molecule has 2 N–H and O–H groups in total. The molecule has 1 aliphatic heterocycles. The molecule has 3 heterocycles. The summed E-state index contributed by atoms with van der Waals surface area (Å²) in [6, 6.07) is 9.93. The summed E-state index contributed by atoms with van der Waals surface area (Å²) >= 11 is 0. The van der Waals surface area contributed by atoms with E-state index in [9.17, 15) is 19.8 Å². The van der Waals surface area contributed by atoms with Crippen LogP contribution in [0.2, 0.25) is 0 Å². The molecule has 1 saturated heterocycles. The van der Waals surface area contributed by atoms with Gasteiger partial charge in [-0.15, -0.1) is 0 Å². The second kappa shape index (κ2) is 18.9. The van der Waals surface area contributed by atoms with Crippen molar-refractivity contribution in [3.05, 3.63) is 65.8 Å². The van der Waals surface area contributed by atoms with E-state index in [1.807, 2.05) is 0 Å². The normalized spacial score (nSPS) is 17.8. The summed E-state index contributed by atoms with van der Waals surface area (Å²) in [4.78, 5) is 35.1. The molecule has 0 saturated carbocycles. The molecule has 0 aliphatic carbocycles. The van der Waals surface area contributed by atoms with Gasteiger partial charge in [0.05, 0.1) is 44.4 Å². The Morgan fingerprint density at radius 3 is 1.67 bits per heavy atom. The standard InChI is InChI=1S/C26H35N4O8.W/c31-25(32)23-5-1-3-21(27-23)19-29-7-11-35-15-17-37-13-9-30(10-14-38-18-16-36-12-8-29)20-22-4-2-6-24(28-22)26(33)34;/h1-6,15H,7-14,16-20H2,(H,31,32)(H,33,34);/q-1;. The van der Waals surface area contributed by atoms with Gasteiger partial charge in [0, 0.05) is 66.9 Å². The van der Waals surface area contributed by atoms with Crippen LogP contribution in [0.1, 0.15) is 32.4 Å². The number of carboxylic acid groups (broad SMARTS) is 2. The fraction of sp³-hybridized carbons (Fsp3) is 0.500. The minimum absolute atomic E-state index is 0. The number of hydrogen-bond acceptors (Lipinski definition) is 10. The van der Waals surface area contributed by atoms with E-state index in [4.69, 9.17) is 18.9 Å². The van der Waals surface area contributed by atoms with Crippen LogP contribution in [-0.2, 0) is 53.1 Å². The second-order valence-corrected chi connectivity index (χ2v) is 8.53. The van der Waals surface area contributed by atoms with Gasteiger partial charge in [-0.3, -0.25) is 9.80 Å². The van der Waals surface area contributed by atoms with E-state index < -0.39 is 11.9 Å². The van der Waals surface area contributed by atoms with Crippen molar-refractivity contribution < 1.29 is 59.8 Å². The first-order valence-electron chi connectivity index (χ1n) is 12.5. The fourth-order valence-electron chi connectivity index (χ4n) is 3.72. The zero-order valence-electron chi connectivity index (χ0n) is 21.8. The van der Waals surface area contributed by atoms with Crippen molar-refractivity contribution in [3.8, 4) is 0 Å². The maximum atomic E-state index is 11.2. The van der Waals surface area contributed by atoms with Crippen LogP contribution in [0.25, 0.3) is 0 Å². The first-order chi connectivity index (χ1) is 18.5. The van der Waals surface area contributed by atoms with Gasteiger partial charge < -0.3 is 29.2 Å². The number of hydrogen-bond donors (Lipinski definition) is 2. The molecule has 0 atom stereocenters. The molecule has 0 radical (unpaired) electrons. The van der Waals surface area contributed by atoms with E-state index >= 15 is 0 Å². The first kappa shape index (κ1) is 32.9. The SMILES string of the molecule is O=C(O)c1cccc(CN2CCO[CH-]COCCN(Cc3cccc(C(=O)O)n3)CCOCCOCC2)n1.[W]. The van der Waals surface area contributed by atoms with Crippen LogP contribution in [-0.4, -0.2) is 114 Å². The van der Waals surface area contributed by atoms with Crippen molar-refractivity contribution in [2.45, 2.75) is 13.1 Å². The van der Waals surface area contributed by atoms with Crippen LogP contribution in [0.4, 0.5) is 0 Å². The second-order valence-electron chi connectivity index (χ2n) is 8.53. The minimum Gasteiger partial charge on any atom is -0.549 e.